The van der Waals surface area contributed by atoms with Gasteiger partial charge in [0.1, 0.15) is 0 Å². The zero-order chi connectivity index (χ0) is 16.9. The number of rotatable bonds is 3. The predicted molar refractivity (Wildman–Crippen MR) is 97.4 cm³/mol. The number of carbonyl (C=O) groups excluding carboxylic acids is 1. The fourth-order valence-corrected chi connectivity index (χ4v) is 3.19. The van der Waals surface area contributed by atoms with Gasteiger partial charge < -0.3 is 5.32 Å². The van der Waals surface area contributed by atoms with Crippen LogP contribution in [0.2, 0.25) is 0 Å². The largest absolute Gasteiger partial charge is 0.322 e. The zero-order valence-electron chi connectivity index (χ0n) is 13.8. The molecule has 3 nitrogen and oxygen atoms in total. The maximum atomic E-state index is 12.3. The number of hydrogen-bond donors (Lipinski definition) is 1. The molecule has 3 heteroatoms. The Balaban J connectivity index is 1.72. The molecule has 1 aliphatic rings. The molecular weight excluding hydrogens is 296 g/mol. The number of nitrogens with zero attached hydrogens (tertiary/aromatic N) is 1. The number of anilines is 1. The SMILES string of the molecule is [C-]#[N+]c1ccc(C(=O)Nc2ccc3c(c2)CCC(C=CC)C3)cc1. The van der Waals surface area contributed by atoms with E-state index < -0.39 is 0 Å². The molecule has 120 valence electrons. The minimum atomic E-state index is -0.144. The van der Waals surface area contributed by atoms with E-state index in [0.717, 1.165) is 24.9 Å². The normalized spacial score (nSPS) is 16.4. The standard InChI is InChI=1S/C21H20N2O/c1-3-4-15-5-6-18-14-20(12-9-17(18)13-15)23-21(24)16-7-10-19(22-2)11-8-16/h3-4,7-12,14-15H,5-6,13H2,1H3,(H,23,24). The molecule has 0 fully saturated rings. The van der Waals surface area contributed by atoms with E-state index in [1.807, 2.05) is 6.07 Å². The molecular formula is C21H20N2O. The number of allylic oxidation sites excluding steroid dienone is 2. The van der Waals surface area contributed by atoms with Gasteiger partial charge in [-0.05, 0) is 55.4 Å². The van der Waals surface area contributed by atoms with Gasteiger partial charge >= 0.3 is 0 Å². The Morgan fingerprint density at radius 1 is 1.21 bits per heavy atom. The van der Waals surface area contributed by atoms with Crippen LogP contribution >= 0.6 is 0 Å². The summed E-state index contributed by atoms with van der Waals surface area (Å²) in [6, 6.07) is 12.9. The maximum absolute atomic E-state index is 12.3. The molecule has 3 rings (SSSR count). The van der Waals surface area contributed by atoms with Crippen molar-refractivity contribution in [2.45, 2.75) is 26.2 Å². The lowest BCUT2D eigenvalue weighted by atomic mass is 9.83. The Morgan fingerprint density at radius 2 is 2.00 bits per heavy atom. The van der Waals surface area contributed by atoms with Gasteiger partial charge in [0, 0.05) is 11.3 Å². The van der Waals surface area contributed by atoms with Crippen LogP contribution in [0.3, 0.4) is 0 Å². The van der Waals surface area contributed by atoms with Gasteiger partial charge in [0.15, 0.2) is 5.69 Å². The minimum absolute atomic E-state index is 0.144. The molecule has 1 amide bonds. The van der Waals surface area contributed by atoms with Crippen molar-refractivity contribution in [1.82, 2.24) is 0 Å². The molecule has 1 aliphatic carbocycles. The van der Waals surface area contributed by atoms with Crippen LogP contribution in [0, 0.1) is 12.5 Å². The lowest BCUT2D eigenvalue weighted by Gasteiger charge is -2.23. The highest BCUT2D eigenvalue weighted by Crippen LogP contribution is 2.28. The third-order valence-electron chi connectivity index (χ3n) is 4.45. The first-order valence-corrected chi connectivity index (χ1v) is 8.23. The number of hydrogen-bond acceptors (Lipinski definition) is 1. The van der Waals surface area contributed by atoms with Crippen molar-refractivity contribution in [2.75, 3.05) is 5.32 Å². The molecule has 0 aliphatic heterocycles. The van der Waals surface area contributed by atoms with E-state index in [4.69, 9.17) is 6.57 Å². The second-order valence-corrected chi connectivity index (χ2v) is 6.12. The Labute approximate surface area is 142 Å². The molecule has 0 saturated carbocycles. The third-order valence-corrected chi connectivity index (χ3v) is 4.45. The summed E-state index contributed by atoms with van der Waals surface area (Å²) < 4.78 is 0. The number of aryl methyl sites for hydroxylation is 1. The van der Waals surface area contributed by atoms with E-state index >= 15 is 0 Å². The topological polar surface area (TPSA) is 33.5 Å². The lowest BCUT2D eigenvalue weighted by molar-refractivity contribution is 0.102. The summed E-state index contributed by atoms with van der Waals surface area (Å²) in [7, 11) is 0. The molecule has 0 saturated heterocycles. The lowest BCUT2D eigenvalue weighted by Crippen LogP contribution is -2.15. The molecule has 0 heterocycles. The van der Waals surface area contributed by atoms with Crippen LogP contribution in [0.1, 0.15) is 34.8 Å². The van der Waals surface area contributed by atoms with Crippen molar-refractivity contribution in [3.05, 3.63) is 82.7 Å². The van der Waals surface area contributed by atoms with Crippen molar-refractivity contribution >= 4 is 17.3 Å². The summed E-state index contributed by atoms with van der Waals surface area (Å²) in [6.07, 6.45) is 7.70. The number of benzene rings is 2. The van der Waals surface area contributed by atoms with Crippen molar-refractivity contribution in [1.29, 1.82) is 0 Å². The second-order valence-electron chi connectivity index (χ2n) is 6.12. The molecule has 0 aromatic heterocycles. The highest BCUT2D eigenvalue weighted by molar-refractivity contribution is 6.04. The van der Waals surface area contributed by atoms with E-state index in [1.165, 1.54) is 11.1 Å². The van der Waals surface area contributed by atoms with Gasteiger partial charge in [0.05, 0.1) is 6.57 Å². The molecule has 1 N–H and O–H groups in total. The van der Waals surface area contributed by atoms with Crippen molar-refractivity contribution in [3.8, 4) is 0 Å². The van der Waals surface area contributed by atoms with Crippen LogP contribution in [-0.4, -0.2) is 5.91 Å². The van der Waals surface area contributed by atoms with Crippen LogP contribution in [0.15, 0.2) is 54.6 Å². The highest BCUT2D eigenvalue weighted by Gasteiger charge is 2.17. The maximum Gasteiger partial charge on any atom is 0.255 e. The van der Waals surface area contributed by atoms with Crippen LogP contribution in [0.4, 0.5) is 11.4 Å². The average molecular weight is 316 g/mol. The summed E-state index contributed by atoms with van der Waals surface area (Å²) in [6.45, 7) is 9.02. The van der Waals surface area contributed by atoms with Crippen LogP contribution in [-0.2, 0) is 12.8 Å². The molecule has 0 spiro atoms. The summed E-state index contributed by atoms with van der Waals surface area (Å²) in [5.41, 5.74) is 4.64. The van der Waals surface area contributed by atoms with Gasteiger partial charge in [-0.3, -0.25) is 4.79 Å². The Bertz CT molecular complexity index is 813. The summed E-state index contributed by atoms with van der Waals surface area (Å²) >= 11 is 0. The zero-order valence-corrected chi connectivity index (χ0v) is 13.8. The second kappa shape index (κ2) is 7.14. The molecule has 2 aromatic carbocycles. The minimum Gasteiger partial charge on any atom is -0.322 e. The Kier molecular flexibility index (Phi) is 4.77. The number of carbonyl (C=O) groups is 1. The van der Waals surface area contributed by atoms with Crippen LogP contribution in [0.25, 0.3) is 4.85 Å². The van der Waals surface area contributed by atoms with Gasteiger partial charge in [-0.15, -0.1) is 0 Å². The Morgan fingerprint density at radius 3 is 2.71 bits per heavy atom. The first-order valence-electron chi connectivity index (χ1n) is 8.23. The quantitative estimate of drug-likeness (QED) is 0.615. The number of fused-ring (bicyclic) bond motifs is 1. The van der Waals surface area contributed by atoms with Crippen LogP contribution in [0.5, 0.6) is 0 Å². The van der Waals surface area contributed by atoms with E-state index in [2.05, 4.69) is 41.4 Å². The molecule has 1 unspecified atom stereocenters. The fraction of sp³-hybridized carbons (Fsp3) is 0.238. The van der Waals surface area contributed by atoms with E-state index in [1.54, 1.807) is 24.3 Å². The number of nitrogens with one attached hydrogen (secondary N) is 1. The van der Waals surface area contributed by atoms with Gasteiger partial charge in [0.25, 0.3) is 5.91 Å². The molecule has 2 aromatic rings. The van der Waals surface area contributed by atoms with Gasteiger partial charge in [-0.1, -0.05) is 42.5 Å². The van der Waals surface area contributed by atoms with E-state index in [9.17, 15) is 4.79 Å². The van der Waals surface area contributed by atoms with Crippen LogP contribution < -0.4 is 5.32 Å². The van der Waals surface area contributed by atoms with Gasteiger partial charge in [-0.25, -0.2) is 4.85 Å². The van der Waals surface area contributed by atoms with Gasteiger partial charge in [-0.2, -0.15) is 0 Å². The highest BCUT2D eigenvalue weighted by atomic mass is 16.1. The predicted octanol–water partition coefficient (Wildman–Crippen LogP) is 5.17. The van der Waals surface area contributed by atoms with Crippen molar-refractivity contribution in [2.24, 2.45) is 5.92 Å². The van der Waals surface area contributed by atoms with Crippen molar-refractivity contribution < 1.29 is 4.79 Å². The monoisotopic (exact) mass is 316 g/mol. The smallest absolute Gasteiger partial charge is 0.255 e. The Hall–Kier alpha value is -2.86. The third kappa shape index (κ3) is 3.55. The van der Waals surface area contributed by atoms with Gasteiger partial charge in [0.2, 0.25) is 0 Å². The number of amides is 1. The molecule has 1 atom stereocenters. The molecule has 0 bridgehead atoms. The van der Waals surface area contributed by atoms with Crippen molar-refractivity contribution in [3.63, 3.8) is 0 Å². The fourth-order valence-electron chi connectivity index (χ4n) is 3.19. The first-order chi connectivity index (χ1) is 11.7. The average Bonchev–Trinajstić information content (AvgIpc) is 2.62. The molecule has 0 radical (unpaired) electrons. The summed E-state index contributed by atoms with van der Waals surface area (Å²) in [5, 5.41) is 2.95. The summed E-state index contributed by atoms with van der Waals surface area (Å²) in [5.74, 6) is 0.484. The van der Waals surface area contributed by atoms with E-state index in [0.29, 0.717) is 17.2 Å². The summed E-state index contributed by atoms with van der Waals surface area (Å²) in [4.78, 5) is 15.7. The molecule has 24 heavy (non-hydrogen) atoms. The first kappa shape index (κ1) is 16.0. The van der Waals surface area contributed by atoms with E-state index in [-0.39, 0.29) is 5.91 Å².